The number of rotatable bonds is 8. The summed E-state index contributed by atoms with van der Waals surface area (Å²) >= 11 is 0. The average molecular weight is 454 g/mol. The van der Waals surface area contributed by atoms with Crippen LogP contribution in [0.2, 0.25) is 0 Å². The minimum absolute atomic E-state index is 0.0345. The lowest BCUT2D eigenvalue weighted by atomic mass is 10.1. The van der Waals surface area contributed by atoms with Crippen molar-refractivity contribution in [1.29, 1.82) is 0 Å². The molecule has 1 aromatic heterocycles. The van der Waals surface area contributed by atoms with Gasteiger partial charge in [0.2, 0.25) is 0 Å². The van der Waals surface area contributed by atoms with Crippen LogP contribution in [0.3, 0.4) is 0 Å². The van der Waals surface area contributed by atoms with E-state index in [2.05, 4.69) is 6.92 Å². The van der Waals surface area contributed by atoms with E-state index in [0.29, 0.717) is 35.4 Å². The first-order valence-electron chi connectivity index (χ1n) is 11.9. The van der Waals surface area contributed by atoms with Gasteiger partial charge < -0.3 is 4.90 Å². The van der Waals surface area contributed by atoms with Crippen LogP contribution < -0.4 is 5.56 Å². The highest BCUT2D eigenvalue weighted by Gasteiger charge is 2.27. The van der Waals surface area contributed by atoms with E-state index in [4.69, 9.17) is 4.98 Å². The van der Waals surface area contributed by atoms with Crippen LogP contribution in [-0.4, -0.2) is 26.9 Å². The summed E-state index contributed by atoms with van der Waals surface area (Å²) in [5.41, 5.74) is 3.20. The molecule has 0 aliphatic rings. The molecule has 174 valence electrons. The maximum atomic E-state index is 13.7. The maximum Gasteiger partial charge on any atom is 0.261 e. The zero-order chi connectivity index (χ0) is 24.1. The van der Waals surface area contributed by atoms with Crippen molar-refractivity contribution in [2.24, 2.45) is 0 Å². The molecule has 1 atom stereocenters. The molecule has 0 saturated carbocycles. The van der Waals surface area contributed by atoms with Crippen LogP contribution in [0, 0.1) is 6.92 Å². The molecular formula is C29H31N3O2. The number of carbonyl (C=O) groups is 1. The Kier molecular flexibility index (Phi) is 7.21. The summed E-state index contributed by atoms with van der Waals surface area (Å²) in [7, 11) is 0. The van der Waals surface area contributed by atoms with Gasteiger partial charge in [-0.25, -0.2) is 4.98 Å². The van der Waals surface area contributed by atoms with Crippen molar-refractivity contribution in [3.63, 3.8) is 0 Å². The number of hydrogen-bond acceptors (Lipinski definition) is 3. The molecule has 3 aromatic carbocycles. The summed E-state index contributed by atoms with van der Waals surface area (Å²) in [6.45, 7) is 7.04. The van der Waals surface area contributed by atoms with Gasteiger partial charge in [0.1, 0.15) is 5.82 Å². The summed E-state index contributed by atoms with van der Waals surface area (Å²) in [6, 6.07) is 24.6. The number of amides is 1. The highest BCUT2D eigenvalue weighted by molar-refractivity contribution is 5.95. The van der Waals surface area contributed by atoms with Gasteiger partial charge in [0.15, 0.2) is 0 Å². The van der Waals surface area contributed by atoms with Gasteiger partial charge in [0.25, 0.3) is 11.5 Å². The molecule has 0 radical (unpaired) electrons. The van der Waals surface area contributed by atoms with E-state index >= 15 is 0 Å². The molecule has 0 aliphatic carbocycles. The fourth-order valence-corrected chi connectivity index (χ4v) is 4.33. The third-order valence-corrected chi connectivity index (χ3v) is 6.30. The Balaban J connectivity index is 1.84. The minimum atomic E-state index is -0.375. The number of aromatic nitrogens is 2. The van der Waals surface area contributed by atoms with Crippen molar-refractivity contribution in [3.05, 3.63) is 112 Å². The van der Waals surface area contributed by atoms with E-state index < -0.39 is 0 Å². The second kappa shape index (κ2) is 10.5. The number of benzene rings is 3. The standard InChI is InChI=1S/C29H31N3O2/c1-4-5-19-31(28(33)24-16-10-9-13-21(24)2)22(3)27-30-26-18-12-11-17-25(26)29(34)32(27)20-23-14-7-6-8-15-23/h6-18,22H,4-5,19-20H2,1-3H3. The van der Waals surface area contributed by atoms with Crippen LogP contribution >= 0.6 is 0 Å². The molecule has 0 fully saturated rings. The molecule has 1 unspecified atom stereocenters. The fourth-order valence-electron chi connectivity index (χ4n) is 4.33. The molecule has 5 nitrogen and oxygen atoms in total. The Morgan fingerprint density at radius 2 is 1.65 bits per heavy atom. The monoisotopic (exact) mass is 453 g/mol. The van der Waals surface area contributed by atoms with E-state index in [1.165, 1.54) is 0 Å². The summed E-state index contributed by atoms with van der Waals surface area (Å²) in [6.07, 6.45) is 1.84. The third kappa shape index (κ3) is 4.79. The SMILES string of the molecule is CCCCN(C(=O)c1ccccc1C)C(C)c1nc2ccccc2c(=O)n1Cc1ccccc1. The Morgan fingerprint density at radius 1 is 0.971 bits per heavy atom. The minimum Gasteiger partial charge on any atom is -0.329 e. The van der Waals surface area contributed by atoms with Crippen LogP contribution in [0.25, 0.3) is 10.9 Å². The first kappa shape index (κ1) is 23.4. The van der Waals surface area contributed by atoms with Crippen LogP contribution in [0.5, 0.6) is 0 Å². The van der Waals surface area contributed by atoms with E-state index in [-0.39, 0.29) is 17.5 Å². The van der Waals surface area contributed by atoms with E-state index in [1.807, 2.05) is 97.6 Å². The second-order valence-corrected chi connectivity index (χ2v) is 8.71. The largest absolute Gasteiger partial charge is 0.329 e. The number of fused-ring (bicyclic) bond motifs is 1. The normalized spacial score (nSPS) is 12.0. The molecule has 0 aliphatic heterocycles. The number of hydrogen-bond donors (Lipinski definition) is 0. The Hall–Kier alpha value is -3.73. The highest BCUT2D eigenvalue weighted by Crippen LogP contribution is 2.24. The number of carbonyl (C=O) groups excluding carboxylic acids is 1. The predicted molar refractivity (Wildman–Crippen MR) is 137 cm³/mol. The second-order valence-electron chi connectivity index (χ2n) is 8.71. The molecule has 34 heavy (non-hydrogen) atoms. The van der Waals surface area contributed by atoms with E-state index in [0.717, 1.165) is 24.0 Å². The Bertz CT molecular complexity index is 1340. The van der Waals surface area contributed by atoms with Crippen molar-refractivity contribution >= 4 is 16.8 Å². The summed E-state index contributed by atoms with van der Waals surface area (Å²) in [5.74, 6) is 0.568. The Morgan fingerprint density at radius 3 is 2.38 bits per heavy atom. The molecule has 1 heterocycles. The smallest absolute Gasteiger partial charge is 0.261 e. The topological polar surface area (TPSA) is 55.2 Å². The third-order valence-electron chi connectivity index (χ3n) is 6.30. The average Bonchev–Trinajstić information content (AvgIpc) is 2.86. The van der Waals surface area contributed by atoms with Crippen molar-refractivity contribution in [3.8, 4) is 0 Å². The van der Waals surface area contributed by atoms with Gasteiger partial charge in [-0.2, -0.15) is 0 Å². The number of nitrogens with zero attached hydrogens (tertiary/aromatic N) is 3. The molecule has 4 aromatic rings. The van der Waals surface area contributed by atoms with Gasteiger partial charge in [-0.15, -0.1) is 0 Å². The zero-order valence-electron chi connectivity index (χ0n) is 20.1. The van der Waals surface area contributed by atoms with E-state index in [9.17, 15) is 9.59 Å². The highest BCUT2D eigenvalue weighted by atomic mass is 16.2. The van der Waals surface area contributed by atoms with Gasteiger partial charge in [-0.1, -0.05) is 74.0 Å². The quantitative estimate of drug-likeness (QED) is 0.341. The molecule has 0 bridgehead atoms. The van der Waals surface area contributed by atoms with Crippen molar-refractivity contribution in [1.82, 2.24) is 14.5 Å². The molecule has 5 heteroatoms. The molecular weight excluding hydrogens is 422 g/mol. The van der Waals surface area contributed by atoms with Gasteiger partial charge in [0.05, 0.1) is 23.5 Å². The first-order valence-corrected chi connectivity index (χ1v) is 11.9. The van der Waals surface area contributed by atoms with Gasteiger partial charge >= 0.3 is 0 Å². The lowest BCUT2D eigenvalue weighted by molar-refractivity contribution is 0.0675. The van der Waals surface area contributed by atoms with Crippen LogP contribution in [-0.2, 0) is 6.54 Å². The van der Waals surface area contributed by atoms with Crippen LogP contribution in [0.15, 0.2) is 83.7 Å². The number of para-hydroxylation sites is 1. The van der Waals surface area contributed by atoms with Gasteiger partial charge in [-0.3, -0.25) is 14.2 Å². The van der Waals surface area contributed by atoms with Crippen molar-refractivity contribution in [2.45, 2.75) is 46.2 Å². The Labute approximate surface area is 200 Å². The van der Waals surface area contributed by atoms with Crippen molar-refractivity contribution < 1.29 is 4.79 Å². The first-order chi connectivity index (χ1) is 16.5. The zero-order valence-corrected chi connectivity index (χ0v) is 20.1. The molecule has 4 rings (SSSR count). The number of aryl methyl sites for hydroxylation is 1. The van der Waals surface area contributed by atoms with Crippen LogP contribution in [0.4, 0.5) is 0 Å². The lowest BCUT2D eigenvalue weighted by Crippen LogP contribution is -2.38. The maximum absolute atomic E-state index is 13.7. The number of unbranched alkanes of at least 4 members (excludes halogenated alkanes) is 1. The van der Waals surface area contributed by atoms with Crippen molar-refractivity contribution in [2.75, 3.05) is 6.54 Å². The summed E-state index contributed by atoms with van der Waals surface area (Å²) in [5, 5.41) is 0.583. The molecule has 0 saturated heterocycles. The fraction of sp³-hybridized carbons (Fsp3) is 0.276. The summed E-state index contributed by atoms with van der Waals surface area (Å²) < 4.78 is 1.73. The molecule has 1 amide bonds. The van der Waals surface area contributed by atoms with Crippen LogP contribution in [0.1, 0.15) is 60.0 Å². The molecule has 0 N–H and O–H groups in total. The lowest BCUT2D eigenvalue weighted by Gasteiger charge is -2.31. The van der Waals surface area contributed by atoms with Gasteiger partial charge in [0, 0.05) is 12.1 Å². The predicted octanol–water partition coefficient (Wildman–Crippen LogP) is 5.76. The van der Waals surface area contributed by atoms with E-state index in [1.54, 1.807) is 4.57 Å². The van der Waals surface area contributed by atoms with Gasteiger partial charge in [-0.05, 0) is 49.6 Å². The summed E-state index contributed by atoms with van der Waals surface area (Å²) in [4.78, 5) is 34.1. The molecule has 0 spiro atoms.